The average Bonchev–Trinajstić information content (AvgIpc) is 3.20. The highest BCUT2D eigenvalue weighted by atomic mass is 127. The van der Waals surface area contributed by atoms with Crippen molar-refractivity contribution in [2.75, 3.05) is 43.4 Å². The van der Waals surface area contributed by atoms with Gasteiger partial charge in [0.25, 0.3) is 0 Å². The molecule has 2 heterocycles. The molecule has 3 aromatic rings. The number of anilines is 3. The van der Waals surface area contributed by atoms with Crippen molar-refractivity contribution in [3.63, 3.8) is 0 Å². The van der Waals surface area contributed by atoms with E-state index in [1.54, 1.807) is 6.21 Å². The first-order chi connectivity index (χ1) is 15.2. The third-order valence-electron chi connectivity index (χ3n) is 5.31. The second-order valence-electron chi connectivity index (χ2n) is 7.51. The van der Waals surface area contributed by atoms with Crippen LogP contribution in [0.3, 0.4) is 0 Å². The predicted molar refractivity (Wildman–Crippen MR) is 134 cm³/mol. The van der Waals surface area contributed by atoms with Crippen LogP contribution in [0.4, 0.5) is 23.0 Å². The van der Waals surface area contributed by atoms with E-state index in [0.29, 0.717) is 17.2 Å². The monoisotopic (exact) mass is 525 g/mol. The third kappa shape index (κ3) is 5.24. The Morgan fingerprint density at radius 2 is 1.97 bits per heavy atom. The van der Waals surface area contributed by atoms with Crippen molar-refractivity contribution in [3.8, 4) is 6.07 Å². The number of benzene rings is 2. The molecular formula is C23H24IN7. The van der Waals surface area contributed by atoms with Crippen LogP contribution in [0, 0.1) is 11.3 Å². The lowest BCUT2D eigenvalue weighted by Gasteiger charge is -2.34. The number of nitrogens with zero attached hydrogens (tertiary/aromatic N) is 5. The van der Waals surface area contributed by atoms with Gasteiger partial charge < -0.3 is 15.1 Å². The van der Waals surface area contributed by atoms with Crippen molar-refractivity contribution in [2.24, 2.45) is 4.99 Å². The van der Waals surface area contributed by atoms with Gasteiger partial charge in [-0.25, -0.2) is 4.99 Å². The molecule has 0 aliphatic carbocycles. The van der Waals surface area contributed by atoms with Gasteiger partial charge in [-0.05, 0) is 42.4 Å². The van der Waals surface area contributed by atoms with Crippen LogP contribution in [0.1, 0.15) is 16.7 Å². The SMILES string of the molecule is CN1CCN(c2ccc(/C=N/c3[nH]nc(Nc4cccc(CI)c4)c3C#N)cc2)CC1. The molecule has 1 aliphatic heterocycles. The number of nitrogens with one attached hydrogen (secondary N) is 2. The molecule has 1 aliphatic rings. The van der Waals surface area contributed by atoms with E-state index in [2.05, 4.69) is 84.2 Å². The normalized spacial score (nSPS) is 14.7. The predicted octanol–water partition coefficient (Wildman–Crippen LogP) is 4.46. The van der Waals surface area contributed by atoms with Crippen LogP contribution in [0.15, 0.2) is 53.5 Å². The number of aliphatic imine (C=N–C) groups is 1. The van der Waals surface area contributed by atoms with Gasteiger partial charge in [-0.2, -0.15) is 10.4 Å². The summed E-state index contributed by atoms with van der Waals surface area (Å²) in [6.45, 7) is 4.25. The average molecular weight is 525 g/mol. The van der Waals surface area contributed by atoms with Crippen molar-refractivity contribution < 1.29 is 0 Å². The highest BCUT2D eigenvalue weighted by molar-refractivity contribution is 14.1. The summed E-state index contributed by atoms with van der Waals surface area (Å²) in [5, 5.41) is 20.0. The van der Waals surface area contributed by atoms with Crippen molar-refractivity contribution in [1.29, 1.82) is 5.26 Å². The maximum atomic E-state index is 9.63. The van der Waals surface area contributed by atoms with Gasteiger partial charge in [-0.15, -0.1) is 0 Å². The molecule has 0 atom stereocenters. The second-order valence-corrected chi connectivity index (χ2v) is 8.27. The molecule has 8 heteroatoms. The van der Waals surface area contributed by atoms with E-state index in [1.807, 2.05) is 30.3 Å². The summed E-state index contributed by atoms with van der Waals surface area (Å²) in [6, 6.07) is 18.6. The largest absolute Gasteiger partial charge is 0.369 e. The molecule has 0 unspecified atom stereocenters. The van der Waals surface area contributed by atoms with Crippen molar-refractivity contribution >= 4 is 51.8 Å². The summed E-state index contributed by atoms with van der Waals surface area (Å²) in [5.74, 6) is 0.920. The number of H-pyrrole nitrogens is 1. The Hall–Kier alpha value is -2.90. The Labute approximate surface area is 195 Å². The first kappa shape index (κ1) is 21.3. The molecule has 0 radical (unpaired) electrons. The van der Waals surface area contributed by atoms with Gasteiger partial charge in [-0.3, -0.25) is 5.10 Å². The van der Waals surface area contributed by atoms with Crippen LogP contribution in [-0.2, 0) is 4.43 Å². The Balaban J connectivity index is 1.46. The minimum absolute atomic E-state index is 0.394. The van der Waals surface area contributed by atoms with Crippen LogP contribution in [0.5, 0.6) is 0 Å². The van der Waals surface area contributed by atoms with E-state index in [0.717, 1.165) is 41.9 Å². The molecule has 1 aromatic heterocycles. The highest BCUT2D eigenvalue weighted by Gasteiger charge is 2.14. The number of alkyl halides is 1. The number of hydrogen-bond acceptors (Lipinski definition) is 6. The number of aromatic amines is 1. The summed E-state index contributed by atoms with van der Waals surface area (Å²) >= 11 is 2.33. The minimum Gasteiger partial charge on any atom is -0.369 e. The first-order valence-electron chi connectivity index (χ1n) is 10.1. The molecule has 0 saturated carbocycles. The molecule has 0 amide bonds. The van der Waals surface area contributed by atoms with E-state index < -0.39 is 0 Å². The zero-order valence-electron chi connectivity index (χ0n) is 17.3. The van der Waals surface area contributed by atoms with Gasteiger partial charge in [-0.1, -0.05) is 46.9 Å². The van der Waals surface area contributed by atoms with E-state index >= 15 is 0 Å². The molecule has 4 rings (SSSR count). The van der Waals surface area contributed by atoms with Gasteiger partial charge >= 0.3 is 0 Å². The lowest BCUT2D eigenvalue weighted by atomic mass is 10.2. The fourth-order valence-electron chi connectivity index (χ4n) is 3.47. The molecule has 1 fully saturated rings. The van der Waals surface area contributed by atoms with Crippen LogP contribution in [0.2, 0.25) is 0 Å². The smallest absolute Gasteiger partial charge is 0.172 e. The molecule has 2 aromatic carbocycles. The summed E-state index contributed by atoms with van der Waals surface area (Å²) in [5.41, 5.74) is 4.70. The van der Waals surface area contributed by atoms with Crippen LogP contribution in [0.25, 0.3) is 0 Å². The number of nitriles is 1. The number of rotatable bonds is 6. The van der Waals surface area contributed by atoms with Crippen molar-refractivity contribution in [3.05, 3.63) is 65.2 Å². The fraction of sp³-hybridized carbons (Fsp3) is 0.261. The standard InChI is InChI=1S/C23H24IN7/c1-30-9-11-31(12-10-30)20-7-5-17(6-8-20)16-26-22-21(15-25)23(29-28-22)27-19-4-2-3-18(13-19)14-24/h2-8,13,16H,9-12,14H2,1H3,(H2,27,28,29)/b26-16+. The molecule has 2 N–H and O–H groups in total. The van der Waals surface area contributed by atoms with E-state index in [-0.39, 0.29) is 0 Å². The summed E-state index contributed by atoms with van der Waals surface area (Å²) in [6.07, 6.45) is 1.75. The van der Waals surface area contributed by atoms with E-state index in [1.165, 1.54) is 11.3 Å². The minimum atomic E-state index is 0.394. The number of likely N-dealkylation sites (N-methyl/N-ethyl adjacent to an activating group) is 1. The van der Waals surface area contributed by atoms with Crippen LogP contribution >= 0.6 is 22.6 Å². The van der Waals surface area contributed by atoms with Gasteiger partial charge in [0, 0.05) is 48.2 Å². The van der Waals surface area contributed by atoms with Crippen LogP contribution < -0.4 is 10.2 Å². The fourth-order valence-corrected chi connectivity index (χ4v) is 3.94. The molecule has 31 heavy (non-hydrogen) atoms. The lowest BCUT2D eigenvalue weighted by molar-refractivity contribution is 0.313. The molecule has 1 saturated heterocycles. The maximum Gasteiger partial charge on any atom is 0.172 e. The summed E-state index contributed by atoms with van der Waals surface area (Å²) in [4.78, 5) is 9.21. The zero-order valence-corrected chi connectivity index (χ0v) is 19.5. The van der Waals surface area contributed by atoms with E-state index in [4.69, 9.17) is 0 Å². The van der Waals surface area contributed by atoms with Gasteiger partial charge in [0.05, 0.1) is 0 Å². The molecule has 0 spiro atoms. The first-order valence-corrected chi connectivity index (χ1v) is 11.7. The second kappa shape index (κ2) is 9.94. The van der Waals surface area contributed by atoms with Gasteiger partial charge in [0.2, 0.25) is 0 Å². The van der Waals surface area contributed by atoms with Crippen molar-refractivity contribution in [1.82, 2.24) is 15.1 Å². The quantitative estimate of drug-likeness (QED) is 0.282. The van der Waals surface area contributed by atoms with E-state index in [9.17, 15) is 5.26 Å². The van der Waals surface area contributed by atoms with Crippen LogP contribution in [-0.4, -0.2) is 54.5 Å². The lowest BCUT2D eigenvalue weighted by Crippen LogP contribution is -2.44. The number of hydrogen-bond donors (Lipinski definition) is 2. The summed E-state index contributed by atoms with van der Waals surface area (Å²) < 4.78 is 0.919. The number of piperazine rings is 1. The van der Waals surface area contributed by atoms with Crippen molar-refractivity contribution in [2.45, 2.75) is 4.43 Å². The molecular weight excluding hydrogens is 501 g/mol. The Morgan fingerprint density at radius 3 is 2.68 bits per heavy atom. The molecule has 7 nitrogen and oxygen atoms in total. The maximum absolute atomic E-state index is 9.63. The number of halogens is 1. The van der Waals surface area contributed by atoms with Gasteiger partial charge in [0.15, 0.2) is 11.6 Å². The Morgan fingerprint density at radius 1 is 1.19 bits per heavy atom. The third-order valence-corrected chi connectivity index (χ3v) is 6.19. The summed E-state index contributed by atoms with van der Waals surface area (Å²) in [7, 11) is 2.16. The number of aromatic nitrogens is 2. The highest BCUT2D eigenvalue weighted by Crippen LogP contribution is 2.26. The molecule has 158 valence electrons. The van der Waals surface area contributed by atoms with Gasteiger partial charge in [0.1, 0.15) is 11.6 Å². The Bertz CT molecular complexity index is 1090. The topological polar surface area (TPSA) is 83.3 Å². The Kier molecular flexibility index (Phi) is 6.84. The zero-order chi connectivity index (χ0) is 21.6. The molecule has 0 bridgehead atoms.